The molecule has 2 rings (SSSR count). The Kier molecular flexibility index (Phi) is 3.82. The Morgan fingerprint density at radius 2 is 2.32 bits per heavy atom. The third-order valence-electron chi connectivity index (χ3n) is 3.03. The van der Waals surface area contributed by atoms with E-state index in [1.807, 2.05) is 18.2 Å². The Morgan fingerprint density at radius 3 is 2.95 bits per heavy atom. The van der Waals surface area contributed by atoms with Gasteiger partial charge in [-0.2, -0.15) is 0 Å². The largest absolute Gasteiger partial charge is 0.481 e. The maximum absolute atomic E-state index is 10.7. The predicted octanol–water partition coefficient (Wildman–Crippen LogP) is 1.20. The van der Waals surface area contributed by atoms with Crippen LogP contribution in [0.2, 0.25) is 0 Å². The fraction of sp³-hybridized carbons (Fsp3) is 0.385. The minimum absolute atomic E-state index is 0.0958. The van der Waals surface area contributed by atoms with E-state index in [0.29, 0.717) is 11.5 Å². The first-order chi connectivity index (χ1) is 9.01. The number of aryl methyl sites for hydroxylation is 1. The molecule has 0 fully saturated rings. The Morgan fingerprint density at radius 1 is 1.58 bits per heavy atom. The van der Waals surface area contributed by atoms with E-state index in [1.165, 1.54) is 0 Å². The summed E-state index contributed by atoms with van der Waals surface area (Å²) < 4.78 is 5.40. The van der Waals surface area contributed by atoms with Crippen molar-refractivity contribution in [1.29, 1.82) is 0 Å². The van der Waals surface area contributed by atoms with Crippen LogP contribution in [0.15, 0.2) is 22.6 Å². The topological polar surface area (TPSA) is 101 Å². The van der Waals surface area contributed by atoms with E-state index in [1.54, 1.807) is 14.0 Å². The summed E-state index contributed by atoms with van der Waals surface area (Å²) in [5, 5.41) is 11.9. The molecule has 1 aromatic carbocycles. The summed E-state index contributed by atoms with van der Waals surface area (Å²) in [6, 6.07) is 4.82. The summed E-state index contributed by atoms with van der Waals surface area (Å²) in [5.74, 6) is -0.311. The number of aromatic nitrogens is 1. The monoisotopic (exact) mass is 263 g/mol. The van der Waals surface area contributed by atoms with Crippen LogP contribution in [-0.4, -0.2) is 29.1 Å². The molecule has 102 valence electrons. The lowest BCUT2D eigenvalue weighted by molar-refractivity contribution is -0.137. The summed E-state index contributed by atoms with van der Waals surface area (Å²) in [7, 11) is 1.75. The Balaban J connectivity index is 2.31. The predicted molar refractivity (Wildman–Crippen MR) is 70.8 cm³/mol. The number of nitrogens with zero attached hydrogens (tertiary/aromatic N) is 1. The zero-order valence-electron chi connectivity index (χ0n) is 10.9. The molecular weight excluding hydrogens is 246 g/mol. The average molecular weight is 263 g/mol. The SMILES string of the molecule is CNC(c1ccc2oc(C)nc2c1)C(N)CC(=O)O. The van der Waals surface area contributed by atoms with Crippen molar-refractivity contribution in [2.24, 2.45) is 5.73 Å². The number of likely N-dealkylation sites (N-methyl/N-ethyl adjacent to an activating group) is 1. The van der Waals surface area contributed by atoms with Gasteiger partial charge in [0.1, 0.15) is 5.52 Å². The summed E-state index contributed by atoms with van der Waals surface area (Å²) in [6.07, 6.45) is -0.0958. The molecule has 1 heterocycles. The van der Waals surface area contributed by atoms with Crippen LogP contribution in [0, 0.1) is 6.92 Å². The fourth-order valence-electron chi connectivity index (χ4n) is 2.20. The number of hydrogen-bond acceptors (Lipinski definition) is 5. The molecule has 2 unspecified atom stereocenters. The third kappa shape index (κ3) is 2.91. The molecule has 0 saturated heterocycles. The Bertz CT molecular complexity index is 594. The second-order valence-electron chi connectivity index (χ2n) is 4.49. The van der Waals surface area contributed by atoms with E-state index in [2.05, 4.69) is 10.3 Å². The van der Waals surface area contributed by atoms with Gasteiger partial charge in [-0.15, -0.1) is 0 Å². The number of carboxylic acids is 1. The van der Waals surface area contributed by atoms with Crippen molar-refractivity contribution in [3.8, 4) is 0 Å². The maximum Gasteiger partial charge on any atom is 0.304 e. The second-order valence-corrected chi connectivity index (χ2v) is 4.49. The first kappa shape index (κ1) is 13.5. The molecule has 2 atom stereocenters. The third-order valence-corrected chi connectivity index (χ3v) is 3.03. The number of carboxylic acid groups (broad SMARTS) is 1. The maximum atomic E-state index is 10.7. The lowest BCUT2D eigenvalue weighted by Crippen LogP contribution is -2.37. The molecule has 0 saturated carbocycles. The molecule has 0 bridgehead atoms. The van der Waals surface area contributed by atoms with E-state index in [4.69, 9.17) is 15.3 Å². The highest BCUT2D eigenvalue weighted by Gasteiger charge is 2.21. The van der Waals surface area contributed by atoms with Crippen molar-refractivity contribution in [2.75, 3.05) is 7.05 Å². The van der Waals surface area contributed by atoms with E-state index >= 15 is 0 Å². The van der Waals surface area contributed by atoms with Gasteiger partial charge in [-0.25, -0.2) is 4.98 Å². The number of nitrogens with two attached hydrogens (primary N) is 1. The minimum atomic E-state index is -0.911. The van der Waals surface area contributed by atoms with E-state index in [9.17, 15) is 4.79 Å². The number of rotatable bonds is 5. The molecule has 0 aliphatic carbocycles. The molecule has 4 N–H and O–H groups in total. The highest BCUT2D eigenvalue weighted by atomic mass is 16.4. The van der Waals surface area contributed by atoms with E-state index in [0.717, 1.165) is 11.1 Å². The standard InChI is InChI=1S/C13H17N3O3/c1-7-16-10-5-8(3-4-11(10)19-7)13(15-2)9(14)6-12(17)18/h3-5,9,13,15H,6,14H2,1-2H3,(H,17,18). The molecule has 0 spiro atoms. The lowest BCUT2D eigenvalue weighted by Gasteiger charge is -2.22. The molecule has 0 radical (unpaired) electrons. The van der Waals surface area contributed by atoms with Gasteiger partial charge in [0.15, 0.2) is 11.5 Å². The molecule has 6 heteroatoms. The number of fused-ring (bicyclic) bond motifs is 1. The Hall–Kier alpha value is -1.92. The van der Waals surface area contributed by atoms with Gasteiger partial charge in [-0.3, -0.25) is 4.79 Å². The zero-order chi connectivity index (χ0) is 14.0. The number of benzene rings is 1. The van der Waals surface area contributed by atoms with Crippen molar-refractivity contribution in [2.45, 2.75) is 25.4 Å². The van der Waals surface area contributed by atoms with Crippen molar-refractivity contribution >= 4 is 17.1 Å². The Labute approximate surface area is 110 Å². The normalized spacial score (nSPS) is 14.5. The molecule has 6 nitrogen and oxygen atoms in total. The molecule has 0 aliphatic rings. The number of carbonyl (C=O) groups is 1. The number of oxazole rings is 1. The van der Waals surface area contributed by atoms with E-state index < -0.39 is 12.0 Å². The zero-order valence-corrected chi connectivity index (χ0v) is 10.9. The van der Waals surface area contributed by atoms with Crippen molar-refractivity contribution in [1.82, 2.24) is 10.3 Å². The van der Waals surface area contributed by atoms with Gasteiger partial charge in [-0.1, -0.05) is 6.07 Å². The number of nitrogens with one attached hydrogen (secondary N) is 1. The van der Waals surface area contributed by atoms with Gasteiger partial charge in [0.05, 0.1) is 6.42 Å². The molecule has 19 heavy (non-hydrogen) atoms. The highest BCUT2D eigenvalue weighted by molar-refractivity contribution is 5.73. The minimum Gasteiger partial charge on any atom is -0.481 e. The van der Waals surface area contributed by atoms with Gasteiger partial charge >= 0.3 is 5.97 Å². The molecule has 0 aliphatic heterocycles. The smallest absolute Gasteiger partial charge is 0.304 e. The van der Waals surface area contributed by atoms with Crippen LogP contribution in [0.5, 0.6) is 0 Å². The first-order valence-corrected chi connectivity index (χ1v) is 6.03. The van der Waals surface area contributed by atoms with Gasteiger partial charge in [-0.05, 0) is 24.7 Å². The van der Waals surface area contributed by atoms with Crippen LogP contribution in [0.3, 0.4) is 0 Å². The second kappa shape index (κ2) is 5.38. The van der Waals surface area contributed by atoms with Crippen molar-refractivity contribution < 1.29 is 14.3 Å². The summed E-state index contributed by atoms with van der Waals surface area (Å²) in [6.45, 7) is 1.78. The summed E-state index contributed by atoms with van der Waals surface area (Å²) in [4.78, 5) is 15.0. The molecule has 2 aromatic rings. The van der Waals surface area contributed by atoms with Crippen LogP contribution in [0.25, 0.3) is 11.1 Å². The average Bonchev–Trinajstić information content (AvgIpc) is 2.68. The summed E-state index contributed by atoms with van der Waals surface area (Å²) >= 11 is 0. The van der Waals surface area contributed by atoms with Crippen LogP contribution < -0.4 is 11.1 Å². The van der Waals surface area contributed by atoms with Crippen LogP contribution in [0.1, 0.15) is 23.9 Å². The van der Waals surface area contributed by atoms with E-state index in [-0.39, 0.29) is 12.5 Å². The van der Waals surface area contributed by atoms with Gasteiger partial charge in [0.25, 0.3) is 0 Å². The molecule has 0 amide bonds. The summed E-state index contributed by atoms with van der Waals surface area (Å²) in [5.41, 5.74) is 8.28. The highest BCUT2D eigenvalue weighted by Crippen LogP contribution is 2.23. The van der Waals surface area contributed by atoms with Crippen LogP contribution >= 0.6 is 0 Å². The fourth-order valence-corrected chi connectivity index (χ4v) is 2.20. The van der Waals surface area contributed by atoms with Crippen LogP contribution in [0.4, 0.5) is 0 Å². The van der Waals surface area contributed by atoms with Gasteiger partial charge < -0.3 is 20.6 Å². The molecular formula is C13H17N3O3. The lowest BCUT2D eigenvalue weighted by atomic mass is 9.97. The van der Waals surface area contributed by atoms with Crippen molar-refractivity contribution in [3.63, 3.8) is 0 Å². The van der Waals surface area contributed by atoms with Crippen LogP contribution in [-0.2, 0) is 4.79 Å². The quantitative estimate of drug-likeness (QED) is 0.749. The van der Waals surface area contributed by atoms with Gasteiger partial charge in [0.2, 0.25) is 0 Å². The first-order valence-electron chi connectivity index (χ1n) is 6.03. The van der Waals surface area contributed by atoms with Crippen molar-refractivity contribution in [3.05, 3.63) is 29.7 Å². The number of hydrogen-bond donors (Lipinski definition) is 3. The number of aliphatic carboxylic acids is 1. The molecule has 1 aromatic heterocycles. The van der Waals surface area contributed by atoms with Gasteiger partial charge in [0, 0.05) is 19.0 Å².